The molecule has 2 amide bonds. The molecule has 2 aromatic rings. The van der Waals surface area contributed by atoms with Gasteiger partial charge in [-0.3, -0.25) is 13.9 Å². The van der Waals surface area contributed by atoms with Crippen LogP contribution in [0.1, 0.15) is 30.1 Å². The summed E-state index contributed by atoms with van der Waals surface area (Å²) in [5, 5.41) is 5.51. The van der Waals surface area contributed by atoms with E-state index in [4.69, 9.17) is 14.2 Å². The van der Waals surface area contributed by atoms with E-state index in [0.29, 0.717) is 24.7 Å². The van der Waals surface area contributed by atoms with Crippen molar-refractivity contribution in [1.82, 2.24) is 5.32 Å². The lowest BCUT2D eigenvalue weighted by Crippen LogP contribution is -2.39. The number of hydrogen-bond donors (Lipinski definition) is 2. The predicted molar refractivity (Wildman–Crippen MR) is 126 cm³/mol. The number of rotatable bonds is 9. The summed E-state index contributed by atoms with van der Waals surface area (Å²) in [4.78, 5) is 25.6. The van der Waals surface area contributed by atoms with Gasteiger partial charge in [0.15, 0.2) is 11.5 Å². The molecule has 1 unspecified atom stereocenters. The predicted octanol–water partition coefficient (Wildman–Crippen LogP) is 2.12. The second-order valence-corrected chi connectivity index (χ2v) is 10.1. The number of carbonyl (C=O) groups excluding carboxylic acids is 2. The summed E-state index contributed by atoms with van der Waals surface area (Å²) in [5.41, 5.74) is 0.850. The fraction of sp³-hybridized carbons (Fsp3) is 0.391. The van der Waals surface area contributed by atoms with Crippen LogP contribution in [0.2, 0.25) is 0 Å². The Hall–Kier alpha value is -3.31. The van der Waals surface area contributed by atoms with Gasteiger partial charge in [0, 0.05) is 19.2 Å². The van der Waals surface area contributed by atoms with Gasteiger partial charge < -0.3 is 24.8 Å². The number of amides is 2. The van der Waals surface area contributed by atoms with Crippen molar-refractivity contribution >= 4 is 33.2 Å². The average molecular weight is 490 g/mol. The quantitative estimate of drug-likeness (QED) is 0.553. The van der Waals surface area contributed by atoms with Crippen LogP contribution in [0, 0.1) is 0 Å². The van der Waals surface area contributed by atoms with Crippen LogP contribution in [0.4, 0.5) is 11.4 Å². The summed E-state index contributed by atoms with van der Waals surface area (Å²) < 4.78 is 42.7. The number of sulfonamides is 1. The lowest BCUT2D eigenvalue weighted by atomic mass is 10.1. The van der Waals surface area contributed by atoms with E-state index < -0.39 is 22.5 Å². The van der Waals surface area contributed by atoms with Gasteiger partial charge >= 0.3 is 0 Å². The van der Waals surface area contributed by atoms with Crippen LogP contribution in [-0.2, 0) is 19.6 Å². The molecule has 0 aliphatic carbocycles. The summed E-state index contributed by atoms with van der Waals surface area (Å²) in [6, 6.07) is 11.2. The number of benzene rings is 2. The van der Waals surface area contributed by atoms with E-state index in [9.17, 15) is 18.0 Å². The van der Waals surface area contributed by atoms with Crippen LogP contribution in [-0.4, -0.2) is 58.6 Å². The van der Waals surface area contributed by atoms with Crippen molar-refractivity contribution in [3.05, 3.63) is 48.0 Å². The molecule has 0 spiro atoms. The van der Waals surface area contributed by atoms with E-state index in [2.05, 4.69) is 10.6 Å². The smallest absolute Gasteiger partial charge is 0.253 e. The highest BCUT2D eigenvalue weighted by Crippen LogP contribution is 2.36. The zero-order valence-electron chi connectivity index (χ0n) is 18.8. The van der Waals surface area contributed by atoms with Crippen LogP contribution in [0.5, 0.6) is 11.5 Å². The summed E-state index contributed by atoms with van der Waals surface area (Å²) >= 11 is 0. The van der Waals surface area contributed by atoms with Crippen LogP contribution in [0.25, 0.3) is 0 Å². The minimum absolute atomic E-state index is 0.0137. The number of anilines is 2. The van der Waals surface area contributed by atoms with E-state index in [0.717, 1.165) is 17.1 Å². The van der Waals surface area contributed by atoms with Crippen molar-refractivity contribution in [3.63, 3.8) is 0 Å². The average Bonchev–Trinajstić information content (AvgIpc) is 3.52. The standard InChI is InChI=1S/C23H27N3O7S/c1-2-34(29,30)26(16-9-10-20-21(12-16)33-15-32-20)14-22(27)25-19-8-4-3-7-18(19)23(28)24-13-17-6-5-11-31-17/h3-4,7-10,12,17H,2,5-6,11,13-15H2,1H3,(H,24,28)(H,25,27). The van der Waals surface area contributed by atoms with Crippen LogP contribution in [0.3, 0.4) is 0 Å². The Morgan fingerprint density at radius 2 is 1.91 bits per heavy atom. The number of hydrogen-bond acceptors (Lipinski definition) is 7. The fourth-order valence-corrected chi connectivity index (χ4v) is 4.82. The van der Waals surface area contributed by atoms with Gasteiger partial charge in [-0.05, 0) is 44.0 Å². The van der Waals surface area contributed by atoms with Crippen molar-refractivity contribution in [2.45, 2.75) is 25.9 Å². The van der Waals surface area contributed by atoms with Gasteiger partial charge in [-0.2, -0.15) is 0 Å². The maximum Gasteiger partial charge on any atom is 0.253 e. The lowest BCUT2D eigenvalue weighted by molar-refractivity contribution is -0.114. The molecule has 2 N–H and O–H groups in total. The van der Waals surface area contributed by atoms with E-state index in [1.807, 2.05) is 0 Å². The third kappa shape index (κ3) is 5.42. The molecule has 10 nitrogen and oxygen atoms in total. The first-order valence-corrected chi connectivity index (χ1v) is 12.7. The van der Waals surface area contributed by atoms with E-state index in [1.165, 1.54) is 13.0 Å². The van der Waals surface area contributed by atoms with Gasteiger partial charge in [-0.25, -0.2) is 8.42 Å². The maximum absolute atomic E-state index is 12.9. The normalized spacial score (nSPS) is 16.8. The first-order valence-electron chi connectivity index (χ1n) is 11.1. The second kappa shape index (κ2) is 10.3. The summed E-state index contributed by atoms with van der Waals surface area (Å²) in [7, 11) is -3.78. The molecule has 2 heterocycles. The minimum Gasteiger partial charge on any atom is -0.454 e. The summed E-state index contributed by atoms with van der Waals surface area (Å²) in [5.74, 6) is -0.224. The minimum atomic E-state index is -3.78. The summed E-state index contributed by atoms with van der Waals surface area (Å²) in [6.07, 6.45) is 1.84. The lowest BCUT2D eigenvalue weighted by Gasteiger charge is -2.24. The number of para-hydroxylation sites is 1. The topological polar surface area (TPSA) is 123 Å². The molecule has 11 heteroatoms. The molecule has 2 aliphatic rings. The van der Waals surface area contributed by atoms with Gasteiger partial charge in [-0.1, -0.05) is 12.1 Å². The molecule has 182 valence electrons. The largest absolute Gasteiger partial charge is 0.454 e. The number of carbonyl (C=O) groups is 2. The third-order valence-electron chi connectivity index (χ3n) is 5.59. The molecule has 1 saturated heterocycles. The Labute approximate surface area is 198 Å². The maximum atomic E-state index is 12.9. The number of fused-ring (bicyclic) bond motifs is 1. The van der Waals surface area contributed by atoms with E-state index in [-0.39, 0.29) is 41.5 Å². The Morgan fingerprint density at radius 3 is 2.68 bits per heavy atom. The molecule has 1 fully saturated rings. The molecule has 0 aromatic heterocycles. The first kappa shape index (κ1) is 23.8. The van der Waals surface area contributed by atoms with Gasteiger partial charge in [0.25, 0.3) is 5.91 Å². The van der Waals surface area contributed by atoms with Crippen LogP contribution < -0.4 is 24.4 Å². The highest BCUT2D eigenvalue weighted by molar-refractivity contribution is 7.92. The summed E-state index contributed by atoms with van der Waals surface area (Å²) in [6.45, 7) is 2.15. The Bertz CT molecular complexity index is 1160. The highest BCUT2D eigenvalue weighted by Gasteiger charge is 2.26. The third-order valence-corrected chi connectivity index (χ3v) is 7.33. The van der Waals surface area contributed by atoms with Gasteiger partial charge in [-0.15, -0.1) is 0 Å². The van der Waals surface area contributed by atoms with Crippen molar-refractivity contribution in [3.8, 4) is 11.5 Å². The molecule has 2 aliphatic heterocycles. The van der Waals surface area contributed by atoms with Crippen LogP contribution >= 0.6 is 0 Å². The Morgan fingerprint density at radius 1 is 1.12 bits per heavy atom. The Balaban J connectivity index is 1.48. The van der Waals surface area contributed by atoms with Crippen molar-refractivity contribution in [2.75, 3.05) is 41.9 Å². The van der Waals surface area contributed by atoms with Crippen LogP contribution in [0.15, 0.2) is 42.5 Å². The second-order valence-electron chi connectivity index (χ2n) is 7.88. The van der Waals surface area contributed by atoms with Crippen molar-refractivity contribution in [1.29, 1.82) is 0 Å². The van der Waals surface area contributed by atoms with Crippen molar-refractivity contribution in [2.24, 2.45) is 0 Å². The SMILES string of the molecule is CCS(=O)(=O)N(CC(=O)Nc1ccccc1C(=O)NCC1CCCO1)c1ccc2c(c1)OCO2. The van der Waals surface area contributed by atoms with E-state index in [1.54, 1.807) is 36.4 Å². The van der Waals surface area contributed by atoms with Gasteiger partial charge in [0.05, 0.1) is 28.8 Å². The van der Waals surface area contributed by atoms with Gasteiger partial charge in [0.2, 0.25) is 22.7 Å². The molecule has 1 atom stereocenters. The zero-order chi connectivity index (χ0) is 24.1. The Kier molecular flexibility index (Phi) is 7.23. The molecule has 0 radical (unpaired) electrons. The van der Waals surface area contributed by atoms with Crippen molar-refractivity contribution < 1.29 is 32.2 Å². The zero-order valence-corrected chi connectivity index (χ0v) is 19.6. The molecule has 34 heavy (non-hydrogen) atoms. The fourth-order valence-electron chi connectivity index (χ4n) is 3.76. The molecular formula is C23H27N3O7S. The first-order chi connectivity index (χ1) is 16.4. The number of nitrogens with zero attached hydrogens (tertiary/aromatic N) is 1. The molecule has 4 rings (SSSR count). The molecule has 0 bridgehead atoms. The highest BCUT2D eigenvalue weighted by atomic mass is 32.2. The molecule has 0 saturated carbocycles. The monoisotopic (exact) mass is 489 g/mol. The van der Waals surface area contributed by atoms with E-state index >= 15 is 0 Å². The molecular weight excluding hydrogens is 462 g/mol. The number of ether oxygens (including phenoxy) is 3. The number of nitrogens with one attached hydrogen (secondary N) is 2. The molecule has 2 aromatic carbocycles. The van der Waals surface area contributed by atoms with Gasteiger partial charge in [0.1, 0.15) is 6.54 Å².